The average Bonchev–Trinajstić information content (AvgIpc) is 2.94. The highest BCUT2D eigenvalue weighted by atomic mass is 15.1. The first-order valence-electron chi connectivity index (χ1n) is 7.81. The summed E-state index contributed by atoms with van der Waals surface area (Å²) in [4.78, 5) is 4.79. The van der Waals surface area contributed by atoms with Crippen LogP contribution < -0.4 is 5.73 Å². The number of aryl methyl sites for hydroxylation is 1. The third-order valence-electron chi connectivity index (χ3n) is 3.85. The minimum Gasteiger partial charge on any atom is -0.405 e. The molecule has 3 heteroatoms. The lowest BCUT2D eigenvalue weighted by Gasteiger charge is -2.13. The van der Waals surface area contributed by atoms with Crippen molar-refractivity contribution in [3.05, 3.63) is 78.8 Å². The predicted octanol–water partition coefficient (Wildman–Crippen LogP) is 4.58. The van der Waals surface area contributed by atoms with Crippen LogP contribution in [-0.4, -0.2) is 9.55 Å². The summed E-state index contributed by atoms with van der Waals surface area (Å²) in [6, 6.07) is 6.32. The van der Waals surface area contributed by atoms with Crippen molar-refractivity contribution in [3.8, 4) is 0 Å². The molecular weight excluding hydrogens is 282 g/mol. The van der Waals surface area contributed by atoms with Crippen LogP contribution in [0.25, 0.3) is 22.3 Å². The van der Waals surface area contributed by atoms with Gasteiger partial charge in [0.15, 0.2) is 0 Å². The Morgan fingerprint density at radius 2 is 2.17 bits per heavy atom. The molecule has 2 aromatic rings. The number of hydrogen-bond acceptors (Lipinski definition) is 2. The fourth-order valence-electron chi connectivity index (χ4n) is 2.74. The molecule has 0 unspecified atom stereocenters. The van der Waals surface area contributed by atoms with E-state index in [1.807, 2.05) is 12.2 Å². The zero-order chi connectivity index (χ0) is 16.2. The van der Waals surface area contributed by atoms with Gasteiger partial charge in [-0.05, 0) is 55.8 Å². The molecule has 1 heterocycles. The maximum atomic E-state index is 5.38. The summed E-state index contributed by atoms with van der Waals surface area (Å²) < 4.78 is 2.19. The van der Waals surface area contributed by atoms with Crippen molar-refractivity contribution in [1.29, 1.82) is 0 Å². The molecule has 3 nitrogen and oxygen atoms in total. The molecule has 116 valence electrons. The number of aromatic nitrogens is 2. The molecule has 0 bridgehead atoms. The Morgan fingerprint density at radius 3 is 2.91 bits per heavy atom. The van der Waals surface area contributed by atoms with E-state index in [-0.39, 0.29) is 0 Å². The summed E-state index contributed by atoms with van der Waals surface area (Å²) in [6.45, 7) is 6.27. The molecule has 0 aliphatic heterocycles. The summed E-state index contributed by atoms with van der Waals surface area (Å²) in [5.74, 6) is 0.866. The number of fused-ring (bicyclic) bond motifs is 1. The molecule has 2 N–H and O–H groups in total. The summed E-state index contributed by atoms with van der Waals surface area (Å²) in [5.41, 5.74) is 10.7. The van der Waals surface area contributed by atoms with Crippen LogP contribution in [0, 0.1) is 6.92 Å². The highest BCUT2D eigenvalue weighted by molar-refractivity contribution is 5.87. The van der Waals surface area contributed by atoms with Crippen molar-refractivity contribution in [1.82, 2.24) is 9.55 Å². The Bertz CT molecular complexity index is 860. The third kappa shape index (κ3) is 3.04. The molecule has 0 saturated heterocycles. The normalized spacial score (nSPS) is 14.9. The SMILES string of the molecule is C=C(/C=C\C=C/N)c1nc2ccc(C)cc2n1C1=CCCC=C1. The van der Waals surface area contributed by atoms with Gasteiger partial charge in [-0.15, -0.1) is 0 Å². The van der Waals surface area contributed by atoms with Crippen molar-refractivity contribution in [2.75, 3.05) is 0 Å². The van der Waals surface area contributed by atoms with Crippen LogP contribution in [0.5, 0.6) is 0 Å². The van der Waals surface area contributed by atoms with E-state index in [4.69, 9.17) is 10.7 Å². The third-order valence-corrected chi connectivity index (χ3v) is 3.85. The fourth-order valence-corrected chi connectivity index (χ4v) is 2.74. The van der Waals surface area contributed by atoms with Gasteiger partial charge < -0.3 is 5.73 Å². The van der Waals surface area contributed by atoms with Crippen molar-refractivity contribution in [2.24, 2.45) is 5.73 Å². The first kappa shape index (κ1) is 15.1. The van der Waals surface area contributed by atoms with Crippen LogP contribution in [-0.2, 0) is 0 Å². The topological polar surface area (TPSA) is 43.8 Å². The Kier molecular flexibility index (Phi) is 4.29. The van der Waals surface area contributed by atoms with Crippen LogP contribution in [0.1, 0.15) is 24.2 Å². The van der Waals surface area contributed by atoms with Crippen molar-refractivity contribution in [3.63, 3.8) is 0 Å². The lowest BCUT2D eigenvalue weighted by atomic mass is 10.1. The van der Waals surface area contributed by atoms with Gasteiger partial charge in [0.05, 0.1) is 11.0 Å². The maximum Gasteiger partial charge on any atom is 0.145 e. The molecule has 0 spiro atoms. The average molecular weight is 303 g/mol. The summed E-state index contributed by atoms with van der Waals surface area (Å²) in [7, 11) is 0. The van der Waals surface area contributed by atoms with Gasteiger partial charge in [0.25, 0.3) is 0 Å². The fraction of sp³-hybridized carbons (Fsp3) is 0.150. The van der Waals surface area contributed by atoms with Gasteiger partial charge in [0.1, 0.15) is 5.82 Å². The molecule has 0 amide bonds. The Labute approximate surface area is 136 Å². The molecule has 1 aliphatic carbocycles. The number of allylic oxidation sites excluding steroid dienone is 8. The van der Waals surface area contributed by atoms with E-state index < -0.39 is 0 Å². The Balaban J connectivity index is 2.18. The second kappa shape index (κ2) is 6.53. The number of nitrogens with two attached hydrogens (primary N) is 1. The summed E-state index contributed by atoms with van der Waals surface area (Å²) in [5, 5.41) is 0. The highest BCUT2D eigenvalue weighted by Gasteiger charge is 2.15. The molecule has 0 fully saturated rings. The van der Waals surface area contributed by atoms with E-state index in [9.17, 15) is 0 Å². The molecule has 1 aromatic heterocycles. The van der Waals surface area contributed by atoms with E-state index in [0.717, 1.165) is 41.0 Å². The van der Waals surface area contributed by atoms with E-state index in [1.165, 1.54) is 11.8 Å². The maximum absolute atomic E-state index is 5.38. The first-order valence-corrected chi connectivity index (χ1v) is 7.81. The Hall–Kier alpha value is -2.81. The lowest BCUT2D eigenvalue weighted by molar-refractivity contribution is 0.998. The number of benzene rings is 1. The van der Waals surface area contributed by atoms with E-state index in [1.54, 1.807) is 6.08 Å². The molecule has 0 saturated carbocycles. The molecule has 3 rings (SSSR count). The number of hydrogen-bond donors (Lipinski definition) is 1. The molecule has 1 aliphatic rings. The van der Waals surface area contributed by atoms with Gasteiger partial charge in [-0.25, -0.2) is 4.98 Å². The van der Waals surface area contributed by atoms with Gasteiger partial charge in [-0.3, -0.25) is 4.57 Å². The smallest absolute Gasteiger partial charge is 0.145 e. The van der Waals surface area contributed by atoms with Crippen molar-refractivity contribution in [2.45, 2.75) is 19.8 Å². The molecular formula is C20H21N3. The lowest BCUT2D eigenvalue weighted by Crippen LogP contribution is -2.02. The van der Waals surface area contributed by atoms with Gasteiger partial charge in [0, 0.05) is 11.3 Å². The van der Waals surface area contributed by atoms with Crippen molar-refractivity contribution >= 4 is 22.3 Å². The van der Waals surface area contributed by atoms with Gasteiger partial charge >= 0.3 is 0 Å². The van der Waals surface area contributed by atoms with Crippen LogP contribution >= 0.6 is 0 Å². The highest BCUT2D eigenvalue weighted by Crippen LogP contribution is 2.28. The monoisotopic (exact) mass is 303 g/mol. The van der Waals surface area contributed by atoms with Gasteiger partial charge in [-0.2, -0.15) is 0 Å². The molecule has 1 aromatic carbocycles. The van der Waals surface area contributed by atoms with E-state index >= 15 is 0 Å². The number of imidazole rings is 1. The first-order chi connectivity index (χ1) is 11.2. The number of rotatable bonds is 4. The van der Waals surface area contributed by atoms with Gasteiger partial charge in [-0.1, -0.05) is 36.9 Å². The molecule has 0 atom stereocenters. The van der Waals surface area contributed by atoms with Crippen LogP contribution in [0.4, 0.5) is 0 Å². The summed E-state index contributed by atoms with van der Waals surface area (Å²) >= 11 is 0. The quantitative estimate of drug-likeness (QED) is 0.840. The molecule has 0 radical (unpaired) electrons. The number of nitrogens with zero attached hydrogens (tertiary/aromatic N) is 2. The standard InChI is InChI=1S/C20H21N3/c1-15-11-12-18-19(14-15)23(17-9-4-3-5-10-17)20(22-18)16(2)8-6-7-13-21/h4,6-14H,2-3,5,21H2,1H3/b8-6-,13-7-. The van der Waals surface area contributed by atoms with Crippen molar-refractivity contribution < 1.29 is 0 Å². The zero-order valence-electron chi connectivity index (χ0n) is 13.4. The second-order valence-corrected chi connectivity index (χ2v) is 5.64. The van der Waals surface area contributed by atoms with Crippen LogP contribution in [0.15, 0.2) is 67.4 Å². The Morgan fingerprint density at radius 1 is 1.30 bits per heavy atom. The molecule has 23 heavy (non-hydrogen) atoms. The van der Waals surface area contributed by atoms with Gasteiger partial charge in [0.2, 0.25) is 0 Å². The summed E-state index contributed by atoms with van der Waals surface area (Å²) in [6.07, 6.45) is 15.9. The van der Waals surface area contributed by atoms with Crippen LogP contribution in [0.3, 0.4) is 0 Å². The zero-order valence-corrected chi connectivity index (χ0v) is 13.4. The van der Waals surface area contributed by atoms with Crippen LogP contribution in [0.2, 0.25) is 0 Å². The second-order valence-electron chi connectivity index (χ2n) is 5.64. The minimum absolute atomic E-state index is 0.858. The van der Waals surface area contributed by atoms with E-state index in [0.29, 0.717) is 0 Å². The largest absolute Gasteiger partial charge is 0.405 e. The van der Waals surface area contributed by atoms with E-state index in [2.05, 4.69) is 54.5 Å². The minimum atomic E-state index is 0.858. The predicted molar refractivity (Wildman–Crippen MR) is 98.6 cm³/mol.